The number of sulfonamides is 1. The molecule has 0 saturated carbocycles. The molecule has 31 heavy (non-hydrogen) atoms. The van der Waals surface area contributed by atoms with E-state index in [9.17, 15) is 13.2 Å². The Morgan fingerprint density at radius 2 is 1.52 bits per heavy atom. The van der Waals surface area contributed by atoms with Crippen molar-refractivity contribution in [3.63, 3.8) is 0 Å². The monoisotopic (exact) mass is 446 g/mol. The maximum Gasteiger partial charge on any atom is 0.251 e. The van der Waals surface area contributed by atoms with Crippen molar-refractivity contribution in [2.24, 2.45) is 5.41 Å². The second-order valence-corrected chi connectivity index (χ2v) is 11.6. The molecule has 2 rings (SSSR count). The quantitative estimate of drug-likeness (QED) is 0.643. The zero-order valence-electron chi connectivity index (χ0n) is 19.5. The second-order valence-electron chi connectivity index (χ2n) is 9.74. The number of carbonyl (C=O) groups is 1. The minimum absolute atomic E-state index is 0.0944. The van der Waals surface area contributed by atoms with Gasteiger partial charge in [0.25, 0.3) is 5.91 Å². The summed E-state index contributed by atoms with van der Waals surface area (Å²) >= 11 is 0. The van der Waals surface area contributed by atoms with Gasteiger partial charge in [0, 0.05) is 11.1 Å². The van der Waals surface area contributed by atoms with Crippen molar-refractivity contribution in [2.75, 3.05) is 17.7 Å². The molecule has 0 aromatic heterocycles. The van der Waals surface area contributed by atoms with Crippen LogP contribution in [0.25, 0.3) is 0 Å². The van der Waals surface area contributed by atoms with E-state index in [1.165, 1.54) is 10.6 Å². The minimum atomic E-state index is -3.49. The van der Waals surface area contributed by atoms with Crippen molar-refractivity contribution in [1.82, 2.24) is 5.32 Å². The summed E-state index contributed by atoms with van der Waals surface area (Å²) in [6.07, 6.45) is 2.02. The first-order chi connectivity index (χ1) is 14.2. The van der Waals surface area contributed by atoms with Crippen molar-refractivity contribution in [2.45, 2.75) is 53.1 Å². The number of carbonyl (C=O) groups excluding carboxylic acids is 1. The number of nitrogens with zero attached hydrogens (tertiary/aromatic N) is 1. The SMILES string of the molecule is COc1ccc(N(Cc2ccc(C(=O)NC(C)(C)CC(C)(C)C)cc2)S(C)(=O)=O)cc1. The van der Waals surface area contributed by atoms with Gasteiger partial charge in [-0.1, -0.05) is 32.9 Å². The van der Waals surface area contributed by atoms with Crippen LogP contribution in [0.5, 0.6) is 5.75 Å². The maximum absolute atomic E-state index is 12.7. The molecule has 1 N–H and O–H groups in total. The van der Waals surface area contributed by atoms with Crippen molar-refractivity contribution in [3.05, 3.63) is 59.7 Å². The van der Waals surface area contributed by atoms with Crippen LogP contribution in [-0.4, -0.2) is 33.2 Å². The lowest BCUT2D eigenvalue weighted by molar-refractivity contribution is 0.0891. The van der Waals surface area contributed by atoms with Gasteiger partial charge in [-0.3, -0.25) is 9.10 Å². The molecule has 0 heterocycles. The minimum Gasteiger partial charge on any atom is -0.497 e. The molecule has 2 aromatic carbocycles. The van der Waals surface area contributed by atoms with E-state index in [0.29, 0.717) is 17.0 Å². The molecule has 0 unspecified atom stereocenters. The molecule has 0 fully saturated rings. The molecule has 1 amide bonds. The number of hydrogen-bond donors (Lipinski definition) is 1. The third-order valence-electron chi connectivity index (χ3n) is 4.73. The highest BCUT2D eigenvalue weighted by Crippen LogP contribution is 2.27. The molecule has 0 spiro atoms. The van der Waals surface area contributed by atoms with Crippen molar-refractivity contribution in [3.8, 4) is 5.75 Å². The Hall–Kier alpha value is -2.54. The standard InChI is InChI=1S/C24H34N2O4S/c1-23(2,3)17-24(4,5)25-22(27)19-10-8-18(9-11-19)16-26(31(7,28)29)20-12-14-21(30-6)15-13-20/h8-15H,16-17H2,1-7H3,(H,25,27). The molecular formula is C24H34N2O4S. The van der Waals surface area contributed by atoms with E-state index in [0.717, 1.165) is 12.0 Å². The van der Waals surface area contributed by atoms with Gasteiger partial charge in [-0.05, 0) is 67.6 Å². The predicted octanol–water partition coefficient (Wildman–Crippen LogP) is 4.61. The van der Waals surface area contributed by atoms with Gasteiger partial charge in [0.1, 0.15) is 5.75 Å². The van der Waals surface area contributed by atoms with Crippen LogP contribution in [-0.2, 0) is 16.6 Å². The van der Waals surface area contributed by atoms with E-state index in [4.69, 9.17) is 4.74 Å². The summed E-state index contributed by atoms with van der Waals surface area (Å²) in [5.41, 5.74) is 1.63. The number of nitrogens with one attached hydrogen (secondary N) is 1. The lowest BCUT2D eigenvalue weighted by Gasteiger charge is -2.33. The number of ether oxygens (including phenoxy) is 1. The largest absolute Gasteiger partial charge is 0.497 e. The molecule has 6 nitrogen and oxygen atoms in total. The van der Waals surface area contributed by atoms with Crippen molar-refractivity contribution in [1.29, 1.82) is 0 Å². The Bertz CT molecular complexity index is 989. The number of anilines is 1. The zero-order chi connectivity index (χ0) is 23.4. The third-order valence-corrected chi connectivity index (χ3v) is 5.87. The van der Waals surface area contributed by atoms with E-state index >= 15 is 0 Å². The number of benzene rings is 2. The highest BCUT2D eigenvalue weighted by molar-refractivity contribution is 7.92. The molecular weight excluding hydrogens is 412 g/mol. The molecule has 2 aromatic rings. The molecule has 0 aliphatic rings. The van der Waals surface area contributed by atoms with Gasteiger partial charge < -0.3 is 10.1 Å². The molecule has 0 bridgehead atoms. The van der Waals surface area contributed by atoms with E-state index < -0.39 is 10.0 Å². The molecule has 0 atom stereocenters. The zero-order valence-corrected chi connectivity index (χ0v) is 20.3. The first kappa shape index (κ1) is 24.7. The summed E-state index contributed by atoms with van der Waals surface area (Å²) in [7, 11) is -1.93. The first-order valence-corrected chi connectivity index (χ1v) is 12.1. The van der Waals surface area contributed by atoms with Gasteiger partial charge in [-0.15, -0.1) is 0 Å². The average molecular weight is 447 g/mol. The second kappa shape index (κ2) is 9.30. The lowest BCUT2D eigenvalue weighted by atomic mass is 9.81. The van der Waals surface area contributed by atoms with Gasteiger partial charge in [0.05, 0.1) is 25.6 Å². The van der Waals surface area contributed by atoms with E-state index in [1.807, 2.05) is 13.8 Å². The predicted molar refractivity (Wildman–Crippen MR) is 126 cm³/mol. The van der Waals surface area contributed by atoms with Crippen LogP contribution < -0.4 is 14.4 Å². The van der Waals surface area contributed by atoms with Gasteiger partial charge in [-0.25, -0.2) is 8.42 Å². The summed E-state index contributed by atoms with van der Waals surface area (Å²) in [5.74, 6) is 0.512. The average Bonchev–Trinajstić information content (AvgIpc) is 2.63. The fraction of sp³-hybridized carbons (Fsp3) is 0.458. The highest BCUT2D eigenvalue weighted by atomic mass is 32.2. The fourth-order valence-corrected chi connectivity index (χ4v) is 4.71. The Labute approximate surface area is 186 Å². The van der Waals surface area contributed by atoms with Crippen LogP contribution in [0.2, 0.25) is 0 Å². The highest BCUT2D eigenvalue weighted by Gasteiger charge is 2.27. The van der Waals surface area contributed by atoms with Crippen LogP contribution in [0, 0.1) is 5.41 Å². The summed E-state index contributed by atoms with van der Waals surface area (Å²) in [6, 6.07) is 13.9. The molecule has 0 aliphatic carbocycles. The van der Waals surface area contributed by atoms with Gasteiger partial charge in [-0.2, -0.15) is 0 Å². The Kier molecular flexibility index (Phi) is 7.42. The van der Waals surface area contributed by atoms with Crippen LogP contribution in [0.3, 0.4) is 0 Å². The van der Waals surface area contributed by atoms with E-state index in [2.05, 4.69) is 26.1 Å². The summed E-state index contributed by atoms with van der Waals surface area (Å²) < 4.78 is 31.2. The summed E-state index contributed by atoms with van der Waals surface area (Å²) in [6.45, 7) is 10.6. The third kappa shape index (κ3) is 7.58. The van der Waals surface area contributed by atoms with Gasteiger partial charge >= 0.3 is 0 Å². The molecule has 7 heteroatoms. The van der Waals surface area contributed by atoms with Gasteiger partial charge in [0.15, 0.2) is 0 Å². The molecule has 0 radical (unpaired) electrons. The first-order valence-electron chi connectivity index (χ1n) is 10.2. The van der Waals surface area contributed by atoms with Crippen LogP contribution in [0.15, 0.2) is 48.5 Å². The number of rotatable bonds is 8. The lowest BCUT2D eigenvalue weighted by Crippen LogP contribution is -2.45. The summed E-state index contributed by atoms with van der Waals surface area (Å²) in [4.78, 5) is 12.7. The van der Waals surface area contributed by atoms with E-state index in [1.54, 1.807) is 55.6 Å². The Morgan fingerprint density at radius 1 is 0.968 bits per heavy atom. The number of hydrogen-bond acceptors (Lipinski definition) is 4. The van der Waals surface area contributed by atoms with Crippen LogP contribution in [0.4, 0.5) is 5.69 Å². The van der Waals surface area contributed by atoms with Gasteiger partial charge in [0.2, 0.25) is 10.0 Å². The van der Waals surface area contributed by atoms with Crippen LogP contribution in [0.1, 0.15) is 57.0 Å². The molecule has 0 aliphatic heterocycles. The summed E-state index contributed by atoms with van der Waals surface area (Å²) in [5, 5.41) is 3.09. The Morgan fingerprint density at radius 3 is 1.97 bits per heavy atom. The number of amides is 1. The molecule has 0 saturated heterocycles. The smallest absolute Gasteiger partial charge is 0.251 e. The topological polar surface area (TPSA) is 75.7 Å². The molecule has 170 valence electrons. The van der Waals surface area contributed by atoms with Crippen molar-refractivity contribution >= 4 is 21.6 Å². The van der Waals surface area contributed by atoms with Crippen molar-refractivity contribution < 1.29 is 17.9 Å². The van der Waals surface area contributed by atoms with E-state index in [-0.39, 0.29) is 23.4 Å². The normalized spacial score (nSPS) is 12.4. The maximum atomic E-state index is 12.7. The van der Waals surface area contributed by atoms with Crippen LogP contribution >= 0.6 is 0 Å². The number of methoxy groups -OCH3 is 1. The fourth-order valence-electron chi connectivity index (χ4n) is 3.83. The Balaban J connectivity index is 2.16.